The van der Waals surface area contributed by atoms with E-state index in [1.165, 1.54) is 0 Å². The van der Waals surface area contributed by atoms with Gasteiger partial charge in [-0.05, 0) is 18.6 Å². The molecule has 0 aliphatic heterocycles. The van der Waals surface area contributed by atoms with Crippen LogP contribution in [0, 0.1) is 26.0 Å². The van der Waals surface area contributed by atoms with Crippen LogP contribution in [0.4, 0.5) is 0 Å². The van der Waals surface area contributed by atoms with Gasteiger partial charge in [0.05, 0.1) is 5.56 Å². The van der Waals surface area contributed by atoms with Crippen LogP contribution in [-0.4, -0.2) is 0 Å². The van der Waals surface area contributed by atoms with E-state index in [4.69, 9.17) is 4.42 Å². The van der Waals surface area contributed by atoms with Gasteiger partial charge in [0.15, 0.2) is 5.76 Å². The van der Waals surface area contributed by atoms with Crippen LogP contribution in [0.25, 0.3) is 11.5 Å². The molecule has 4 heteroatoms. The number of rotatable bonds is 1. The Bertz CT molecular complexity index is 506. The zero-order valence-corrected chi connectivity index (χ0v) is 10.3. The minimum Gasteiger partial charge on any atom is -0.616 e. The third kappa shape index (κ3) is 1.91. The lowest BCUT2D eigenvalue weighted by atomic mass is 10.1. The fourth-order valence-electron chi connectivity index (χ4n) is 1.53. The molecular weight excluding hydrogens is 226 g/mol. The van der Waals surface area contributed by atoms with Gasteiger partial charge in [0.1, 0.15) is 0 Å². The van der Waals surface area contributed by atoms with E-state index in [1.807, 2.05) is 31.2 Å². The van der Waals surface area contributed by atoms with Crippen molar-refractivity contribution in [1.29, 1.82) is 0 Å². The molecule has 0 unspecified atom stereocenters. The van der Waals surface area contributed by atoms with E-state index in [9.17, 15) is 5.21 Å². The van der Waals surface area contributed by atoms with Crippen molar-refractivity contribution in [3.8, 4) is 11.5 Å². The van der Waals surface area contributed by atoms with Crippen molar-refractivity contribution in [2.45, 2.75) is 20.8 Å². The average Bonchev–Trinajstić information content (AvgIpc) is 2.47. The van der Waals surface area contributed by atoms with Gasteiger partial charge in [-0.2, -0.15) is 0 Å². The summed E-state index contributed by atoms with van der Waals surface area (Å²) in [6.07, 6.45) is 0. The predicted molar refractivity (Wildman–Crippen MR) is 64.6 cm³/mol. The summed E-state index contributed by atoms with van der Waals surface area (Å²) in [7, 11) is 0. The molecule has 1 aromatic heterocycles. The molecule has 0 radical (unpaired) electrons. The molecule has 16 heavy (non-hydrogen) atoms. The maximum absolute atomic E-state index is 11.8. The van der Waals surface area contributed by atoms with Crippen molar-refractivity contribution in [3.63, 3.8) is 0 Å². The van der Waals surface area contributed by atoms with Gasteiger partial charge in [0.25, 0.3) is 0 Å². The van der Waals surface area contributed by atoms with E-state index in [2.05, 4.69) is 0 Å². The second-order valence-electron chi connectivity index (χ2n) is 3.66. The van der Waals surface area contributed by atoms with E-state index in [0.717, 1.165) is 15.9 Å². The first-order valence-electron chi connectivity index (χ1n) is 4.87. The first-order valence-corrected chi connectivity index (χ1v) is 4.87. The summed E-state index contributed by atoms with van der Waals surface area (Å²) in [5.74, 6) is 1.05. The van der Waals surface area contributed by atoms with Gasteiger partial charge < -0.3 is 9.62 Å². The first kappa shape index (κ1) is 12.6. The monoisotopic (exact) mass is 239 g/mol. The van der Waals surface area contributed by atoms with Crippen molar-refractivity contribution >= 4 is 12.4 Å². The molecule has 0 atom stereocenters. The third-order valence-corrected chi connectivity index (χ3v) is 2.62. The largest absolute Gasteiger partial charge is 0.616 e. The Morgan fingerprint density at radius 1 is 1.12 bits per heavy atom. The lowest BCUT2D eigenvalue weighted by molar-refractivity contribution is -0.602. The van der Waals surface area contributed by atoms with E-state index in [0.29, 0.717) is 17.3 Å². The van der Waals surface area contributed by atoms with Crippen LogP contribution >= 0.6 is 12.4 Å². The molecule has 0 aliphatic rings. The van der Waals surface area contributed by atoms with Gasteiger partial charge in [-0.3, -0.25) is 0 Å². The highest BCUT2D eigenvalue weighted by molar-refractivity contribution is 5.85. The third-order valence-electron chi connectivity index (χ3n) is 2.62. The number of aromatic nitrogens is 1. The van der Waals surface area contributed by atoms with Gasteiger partial charge in [-0.15, -0.1) is 17.1 Å². The molecular formula is C12H14ClNO2. The summed E-state index contributed by atoms with van der Waals surface area (Å²) in [4.78, 5) is 0. The summed E-state index contributed by atoms with van der Waals surface area (Å²) < 4.78 is 6.31. The van der Waals surface area contributed by atoms with Crippen LogP contribution in [-0.2, 0) is 0 Å². The van der Waals surface area contributed by atoms with Gasteiger partial charge in [-0.1, -0.05) is 18.2 Å². The smallest absolute Gasteiger partial charge is 0.392 e. The molecule has 3 nitrogen and oxygen atoms in total. The summed E-state index contributed by atoms with van der Waals surface area (Å²) in [5.41, 5.74) is 2.51. The lowest BCUT2D eigenvalue weighted by Crippen LogP contribution is -2.29. The van der Waals surface area contributed by atoms with Crippen LogP contribution < -0.4 is 4.73 Å². The number of aryl methyl sites for hydroxylation is 2. The summed E-state index contributed by atoms with van der Waals surface area (Å²) in [6, 6.07) is 7.69. The molecule has 2 rings (SSSR count). The molecule has 0 N–H and O–H groups in total. The van der Waals surface area contributed by atoms with Crippen LogP contribution in [0.5, 0.6) is 0 Å². The maximum atomic E-state index is 11.8. The lowest BCUT2D eigenvalue weighted by Gasteiger charge is -2.00. The summed E-state index contributed by atoms with van der Waals surface area (Å²) in [5, 5.41) is 11.8. The number of nitrogens with zero attached hydrogens (tertiary/aromatic N) is 1. The Morgan fingerprint density at radius 3 is 2.25 bits per heavy atom. The molecule has 86 valence electrons. The van der Waals surface area contributed by atoms with E-state index < -0.39 is 0 Å². The minimum atomic E-state index is 0. The zero-order valence-electron chi connectivity index (χ0n) is 9.48. The molecule has 2 aromatic rings. The van der Waals surface area contributed by atoms with E-state index in [-0.39, 0.29) is 12.4 Å². The number of oxazole rings is 1. The highest BCUT2D eigenvalue weighted by Crippen LogP contribution is 2.22. The highest BCUT2D eigenvalue weighted by atomic mass is 35.5. The molecule has 0 fully saturated rings. The topological polar surface area (TPSA) is 40.1 Å². The summed E-state index contributed by atoms with van der Waals surface area (Å²) >= 11 is 0. The fraction of sp³-hybridized carbons (Fsp3) is 0.250. The Labute approximate surface area is 101 Å². The van der Waals surface area contributed by atoms with Crippen molar-refractivity contribution in [3.05, 3.63) is 46.5 Å². The standard InChI is InChI=1S/C12H13NO2.ClH/c1-8-6-4-5-7-11(8)12-13(14)9(2)10(3)15-12;/h4-7H,1-3H3;1H. The van der Waals surface area contributed by atoms with Crippen LogP contribution in [0.2, 0.25) is 0 Å². The molecule has 1 heterocycles. The molecule has 1 aromatic carbocycles. The highest BCUT2D eigenvalue weighted by Gasteiger charge is 2.21. The van der Waals surface area contributed by atoms with Crippen molar-refractivity contribution < 1.29 is 9.15 Å². The number of hydrogen-bond acceptors (Lipinski definition) is 2. The number of benzene rings is 1. The normalized spacial score (nSPS) is 9.94. The molecule has 0 aliphatic carbocycles. The van der Waals surface area contributed by atoms with E-state index >= 15 is 0 Å². The molecule has 0 saturated carbocycles. The van der Waals surface area contributed by atoms with Crippen LogP contribution in [0.3, 0.4) is 0 Å². The van der Waals surface area contributed by atoms with Crippen molar-refractivity contribution in [1.82, 2.24) is 0 Å². The van der Waals surface area contributed by atoms with Crippen molar-refractivity contribution in [2.24, 2.45) is 0 Å². The second kappa shape index (κ2) is 4.58. The quantitative estimate of drug-likeness (QED) is 0.567. The molecule has 0 amide bonds. The SMILES string of the molecule is Cc1ccccc1-c1oc(C)c(C)[n+]1[O-].Cl. The first-order chi connectivity index (χ1) is 7.11. The van der Waals surface area contributed by atoms with Gasteiger partial charge in [0, 0.05) is 13.8 Å². The Hall–Kier alpha value is -1.48. The molecule has 0 saturated heterocycles. The van der Waals surface area contributed by atoms with Crippen LogP contribution in [0.1, 0.15) is 17.0 Å². The molecule has 0 spiro atoms. The number of hydrogen-bond donors (Lipinski definition) is 0. The van der Waals surface area contributed by atoms with Gasteiger partial charge in [0.2, 0.25) is 5.69 Å². The molecule has 0 bridgehead atoms. The van der Waals surface area contributed by atoms with Crippen LogP contribution in [0.15, 0.2) is 28.7 Å². The number of halogens is 1. The fourth-order valence-corrected chi connectivity index (χ4v) is 1.53. The summed E-state index contributed by atoms with van der Waals surface area (Å²) in [6.45, 7) is 5.52. The zero-order chi connectivity index (χ0) is 11.0. The van der Waals surface area contributed by atoms with E-state index in [1.54, 1.807) is 13.8 Å². The Kier molecular flexibility index (Phi) is 3.60. The van der Waals surface area contributed by atoms with Gasteiger partial charge in [-0.25, -0.2) is 0 Å². The Balaban J connectivity index is 0.00000128. The average molecular weight is 240 g/mol. The minimum absolute atomic E-state index is 0. The van der Waals surface area contributed by atoms with Crippen molar-refractivity contribution in [2.75, 3.05) is 0 Å². The second-order valence-corrected chi connectivity index (χ2v) is 3.66. The van der Waals surface area contributed by atoms with Gasteiger partial charge >= 0.3 is 5.89 Å². The maximum Gasteiger partial charge on any atom is 0.392 e. The predicted octanol–water partition coefficient (Wildman–Crippen LogP) is 2.93. The Morgan fingerprint density at radius 2 is 1.75 bits per heavy atom.